The van der Waals surface area contributed by atoms with Crippen molar-refractivity contribution in [1.29, 1.82) is 0 Å². The van der Waals surface area contributed by atoms with Gasteiger partial charge in [0.2, 0.25) is 0 Å². The molecule has 1 aromatic rings. The fourth-order valence-corrected chi connectivity index (χ4v) is 2.92. The number of hydrazine groups is 1. The van der Waals surface area contributed by atoms with Crippen LogP contribution < -0.4 is 11.3 Å². The van der Waals surface area contributed by atoms with Crippen LogP contribution in [0.2, 0.25) is 0 Å². The van der Waals surface area contributed by atoms with Gasteiger partial charge in [0.05, 0.1) is 11.3 Å². The third kappa shape index (κ3) is 2.73. The van der Waals surface area contributed by atoms with Crippen molar-refractivity contribution in [2.75, 3.05) is 5.43 Å². The monoisotopic (exact) mass is 261 g/mol. The Hall–Kier alpha value is -1.55. The minimum atomic E-state index is 0.0800. The van der Waals surface area contributed by atoms with Gasteiger partial charge in [-0.25, -0.2) is 0 Å². The number of nitrogen functional groups attached to an aromatic ring is 1. The van der Waals surface area contributed by atoms with E-state index in [1.54, 1.807) is 0 Å². The van der Waals surface area contributed by atoms with Crippen molar-refractivity contribution >= 4 is 11.6 Å². The molecule has 0 unspecified atom stereocenters. The molecule has 0 bridgehead atoms. The highest BCUT2D eigenvalue weighted by atomic mass is 16.2. The van der Waals surface area contributed by atoms with Gasteiger partial charge >= 0.3 is 0 Å². The van der Waals surface area contributed by atoms with Crippen LogP contribution in [0, 0.1) is 6.92 Å². The number of rotatable bonds is 2. The molecule has 19 heavy (non-hydrogen) atoms. The quantitative estimate of drug-likeness (QED) is 0.635. The van der Waals surface area contributed by atoms with Gasteiger partial charge in [0.15, 0.2) is 0 Å². The van der Waals surface area contributed by atoms with Gasteiger partial charge in [-0.3, -0.25) is 10.6 Å². The van der Waals surface area contributed by atoms with Crippen LogP contribution >= 0.6 is 0 Å². The Morgan fingerprint density at radius 1 is 1.32 bits per heavy atom. The Bertz CT molecular complexity index is 462. The number of anilines is 1. The molecule has 1 aliphatic heterocycles. The molecule has 2 atom stereocenters. The molecular formula is C15H23N3O. The Morgan fingerprint density at radius 2 is 1.95 bits per heavy atom. The van der Waals surface area contributed by atoms with Gasteiger partial charge in [-0.05, 0) is 52.2 Å². The lowest BCUT2D eigenvalue weighted by atomic mass is 9.96. The van der Waals surface area contributed by atoms with E-state index in [-0.39, 0.29) is 5.91 Å². The van der Waals surface area contributed by atoms with Crippen molar-refractivity contribution in [3.8, 4) is 0 Å². The third-order valence-corrected chi connectivity index (χ3v) is 3.99. The molecule has 0 aliphatic carbocycles. The second-order valence-corrected chi connectivity index (χ2v) is 5.53. The van der Waals surface area contributed by atoms with Gasteiger partial charge in [0.1, 0.15) is 0 Å². The van der Waals surface area contributed by atoms with Gasteiger partial charge in [0, 0.05) is 12.1 Å². The summed E-state index contributed by atoms with van der Waals surface area (Å²) in [5.74, 6) is 5.60. The molecule has 0 saturated carbocycles. The van der Waals surface area contributed by atoms with Crippen molar-refractivity contribution in [1.82, 2.24) is 4.90 Å². The second kappa shape index (κ2) is 5.61. The number of nitrogens with two attached hydrogens (primary N) is 1. The molecule has 1 aromatic carbocycles. The number of benzene rings is 1. The van der Waals surface area contributed by atoms with E-state index >= 15 is 0 Å². The molecule has 1 heterocycles. The molecule has 1 fully saturated rings. The molecule has 4 nitrogen and oxygen atoms in total. The first kappa shape index (κ1) is 13.9. The van der Waals surface area contributed by atoms with Crippen molar-refractivity contribution in [2.45, 2.75) is 52.1 Å². The maximum atomic E-state index is 12.8. The van der Waals surface area contributed by atoms with Gasteiger partial charge in [-0.1, -0.05) is 11.6 Å². The zero-order chi connectivity index (χ0) is 14.0. The van der Waals surface area contributed by atoms with Crippen molar-refractivity contribution < 1.29 is 4.79 Å². The predicted molar refractivity (Wildman–Crippen MR) is 77.9 cm³/mol. The summed E-state index contributed by atoms with van der Waals surface area (Å²) in [6.45, 7) is 6.23. The maximum Gasteiger partial charge on any atom is 0.256 e. The van der Waals surface area contributed by atoms with E-state index in [1.165, 1.54) is 6.42 Å². The van der Waals surface area contributed by atoms with Crippen molar-refractivity contribution in [3.63, 3.8) is 0 Å². The van der Waals surface area contributed by atoms with Crippen LogP contribution in [0.4, 0.5) is 5.69 Å². The standard InChI is InChI=1S/C15H23N3O/c1-10-7-8-14(17-16)13(9-10)15(19)18-11(2)5-4-6-12(18)3/h7-9,11-12,17H,4-6,16H2,1-3H3/t11-,12+. The molecule has 3 N–H and O–H groups in total. The molecular weight excluding hydrogens is 238 g/mol. The fourth-order valence-electron chi connectivity index (χ4n) is 2.92. The Kier molecular flexibility index (Phi) is 4.10. The maximum absolute atomic E-state index is 12.8. The minimum Gasteiger partial charge on any atom is -0.333 e. The molecule has 1 saturated heterocycles. The summed E-state index contributed by atoms with van der Waals surface area (Å²) in [5, 5.41) is 0. The number of piperidine rings is 1. The predicted octanol–water partition coefficient (Wildman–Crippen LogP) is 2.68. The summed E-state index contributed by atoms with van der Waals surface area (Å²) < 4.78 is 0. The Morgan fingerprint density at radius 3 is 2.53 bits per heavy atom. The zero-order valence-corrected chi connectivity index (χ0v) is 11.9. The first-order chi connectivity index (χ1) is 9.04. The summed E-state index contributed by atoms with van der Waals surface area (Å²) in [4.78, 5) is 14.8. The number of carbonyl (C=O) groups excluding carboxylic acids is 1. The van der Waals surface area contributed by atoms with Gasteiger partial charge in [-0.2, -0.15) is 0 Å². The van der Waals surface area contributed by atoms with E-state index in [1.807, 2.05) is 30.0 Å². The minimum absolute atomic E-state index is 0.0800. The normalized spacial score (nSPS) is 23.3. The van der Waals surface area contributed by atoms with Crippen molar-refractivity contribution in [3.05, 3.63) is 29.3 Å². The number of nitrogens with one attached hydrogen (secondary N) is 1. The van der Waals surface area contributed by atoms with Crippen LogP contribution in [0.1, 0.15) is 49.0 Å². The SMILES string of the molecule is Cc1ccc(NN)c(C(=O)N2[C@H](C)CCC[C@@H]2C)c1. The van der Waals surface area contributed by atoms with Crippen LogP contribution in [-0.2, 0) is 0 Å². The molecule has 4 heteroatoms. The van der Waals surface area contributed by atoms with Crippen molar-refractivity contribution in [2.24, 2.45) is 5.84 Å². The van der Waals surface area contributed by atoms with Crippen LogP contribution in [0.3, 0.4) is 0 Å². The van der Waals surface area contributed by atoms with Crippen LogP contribution in [0.15, 0.2) is 18.2 Å². The molecule has 0 spiro atoms. The van der Waals surface area contributed by atoms with E-state index in [0.29, 0.717) is 23.3 Å². The zero-order valence-electron chi connectivity index (χ0n) is 11.9. The second-order valence-electron chi connectivity index (χ2n) is 5.53. The average molecular weight is 261 g/mol. The molecule has 0 aromatic heterocycles. The molecule has 1 aliphatic rings. The van der Waals surface area contributed by atoms with Gasteiger partial charge < -0.3 is 10.3 Å². The Labute approximate surface area is 114 Å². The number of nitrogens with zero attached hydrogens (tertiary/aromatic N) is 1. The van der Waals surface area contributed by atoms with Gasteiger partial charge in [-0.15, -0.1) is 0 Å². The average Bonchev–Trinajstić information content (AvgIpc) is 2.38. The number of hydrogen-bond donors (Lipinski definition) is 2. The van der Waals surface area contributed by atoms with Crippen LogP contribution in [0.5, 0.6) is 0 Å². The van der Waals surface area contributed by atoms with E-state index in [0.717, 1.165) is 18.4 Å². The summed E-state index contributed by atoms with van der Waals surface area (Å²) in [7, 11) is 0. The summed E-state index contributed by atoms with van der Waals surface area (Å²) in [5.41, 5.74) is 5.06. The first-order valence-electron chi connectivity index (χ1n) is 6.94. The van der Waals surface area contributed by atoms with Crippen LogP contribution in [0.25, 0.3) is 0 Å². The van der Waals surface area contributed by atoms with E-state index in [2.05, 4.69) is 19.3 Å². The smallest absolute Gasteiger partial charge is 0.256 e. The highest BCUT2D eigenvalue weighted by molar-refractivity contribution is 6.00. The van der Waals surface area contributed by atoms with E-state index < -0.39 is 0 Å². The molecule has 104 valence electrons. The van der Waals surface area contributed by atoms with Crippen LogP contribution in [-0.4, -0.2) is 22.9 Å². The number of carbonyl (C=O) groups is 1. The highest BCUT2D eigenvalue weighted by Gasteiger charge is 2.30. The number of aryl methyl sites for hydroxylation is 1. The lowest BCUT2D eigenvalue weighted by Crippen LogP contribution is -2.47. The summed E-state index contributed by atoms with van der Waals surface area (Å²) >= 11 is 0. The Balaban J connectivity index is 2.35. The molecule has 1 amide bonds. The molecule has 0 radical (unpaired) electrons. The van der Waals surface area contributed by atoms with E-state index in [9.17, 15) is 4.79 Å². The topological polar surface area (TPSA) is 58.4 Å². The number of likely N-dealkylation sites (tertiary alicyclic amines) is 1. The lowest BCUT2D eigenvalue weighted by molar-refractivity contribution is 0.0511. The summed E-state index contributed by atoms with van der Waals surface area (Å²) in [6, 6.07) is 6.31. The van der Waals surface area contributed by atoms with E-state index in [4.69, 9.17) is 5.84 Å². The number of amides is 1. The fraction of sp³-hybridized carbons (Fsp3) is 0.533. The largest absolute Gasteiger partial charge is 0.333 e. The first-order valence-corrected chi connectivity index (χ1v) is 6.94. The summed E-state index contributed by atoms with van der Waals surface area (Å²) in [6.07, 6.45) is 3.35. The lowest BCUT2D eigenvalue weighted by Gasteiger charge is -2.39. The molecule has 2 rings (SSSR count). The van der Waals surface area contributed by atoms with Gasteiger partial charge in [0.25, 0.3) is 5.91 Å². The number of hydrogen-bond acceptors (Lipinski definition) is 3. The highest BCUT2D eigenvalue weighted by Crippen LogP contribution is 2.27. The third-order valence-electron chi connectivity index (χ3n) is 3.99.